The number of fused-ring (bicyclic) bond motifs is 3. The number of alkyl halides is 3. The lowest BCUT2D eigenvalue weighted by molar-refractivity contribution is -0.274. The van der Waals surface area contributed by atoms with Crippen LogP contribution in [0.1, 0.15) is 5.56 Å². The van der Waals surface area contributed by atoms with Gasteiger partial charge < -0.3 is 10.1 Å². The van der Waals surface area contributed by atoms with E-state index >= 15 is 0 Å². The van der Waals surface area contributed by atoms with Crippen LogP contribution in [0.4, 0.5) is 23.7 Å². The minimum Gasteiger partial charge on any atom is -0.406 e. The number of halogens is 5. The molecule has 1 heterocycles. The Morgan fingerprint density at radius 1 is 1.03 bits per heavy atom. The van der Waals surface area contributed by atoms with E-state index in [4.69, 9.17) is 23.2 Å². The van der Waals surface area contributed by atoms with Crippen molar-refractivity contribution in [1.29, 1.82) is 0 Å². The van der Waals surface area contributed by atoms with Crippen LogP contribution in [0, 0.1) is 0 Å². The zero-order valence-electron chi connectivity index (χ0n) is 19.5. The number of imidazole rings is 1. The van der Waals surface area contributed by atoms with Crippen molar-refractivity contribution >= 4 is 75.1 Å². The number of carbonyl (C=O) groups is 1. The predicted octanol–water partition coefficient (Wildman–Crippen LogP) is 8.19. The second kappa shape index (κ2) is 11.0. The summed E-state index contributed by atoms with van der Waals surface area (Å²) >= 11 is 12.8. The maximum Gasteiger partial charge on any atom is 0.573 e. The van der Waals surface area contributed by atoms with Gasteiger partial charge in [-0.2, -0.15) is 0 Å². The predicted molar refractivity (Wildman–Crippen MR) is 149 cm³/mol. The summed E-state index contributed by atoms with van der Waals surface area (Å²) in [6.07, 6.45) is -1.53. The van der Waals surface area contributed by atoms with Crippen molar-refractivity contribution in [3.8, 4) is 11.4 Å². The topological polar surface area (TPSA) is 80.5 Å². The molecule has 7 nitrogen and oxygen atoms in total. The summed E-state index contributed by atoms with van der Waals surface area (Å²) in [4.78, 5) is 16.6. The number of benzene rings is 4. The van der Waals surface area contributed by atoms with Crippen molar-refractivity contribution in [3.05, 3.63) is 94.7 Å². The number of nitrogens with zero attached hydrogens (tertiary/aromatic N) is 3. The molecule has 0 aliphatic heterocycles. The molecule has 0 aliphatic rings. The lowest BCUT2D eigenvalue weighted by Crippen LogP contribution is -2.22. The van der Waals surface area contributed by atoms with Crippen molar-refractivity contribution in [2.24, 2.45) is 4.40 Å². The summed E-state index contributed by atoms with van der Waals surface area (Å²) in [5.74, 6) is -0.296. The summed E-state index contributed by atoms with van der Waals surface area (Å²) in [5, 5.41) is 5.19. The lowest BCUT2D eigenvalue weighted by atomic mass is 10.1. The van der Waals surface area contributed by atoms with Gasteiger partial charge in [0.25, 0.3) is 0 Å². The highest BCUT2D eigenvalue weighted by Crippen LogP contribution is 2.29. The summed E-state index contributed by atoms with van der Waals surface area (Å²) < 4.78 is 49.7. The molecule has 0 fully saturated rings. The second-order valence-electron chi connectivity index (χ2n) is 8.08. The highest BCUT2D eigenvalue weighted by Gasteiger charge is 2.31. The summed E-state index contributed by atoms with van der Waals surface area (Å²) in [5.41, 5.74) is 3.34. The highest BCUT2D eigenvalue weighted by molar-refractivity contribution is 7.96. The molecule has 39 heavy (non-hydrogen) atoms. The van der Waals surface area contributed by atoms with E-state index in [1.807, 2.05) is 30.3 Å². The van der Waals surface area contributed by atoms with Gasteiger partial charge in [-0.15, -0.1) is 13.2 Å². The van der Waals surface area contributed by atoms with E-state index in [0.717, 1.165) is 39.5 Å². The van der Waals surface area contributed by atoms with E-state index in [0.29, 0.717) is 21.4 Å². The minimum atomic E-state index is -4.75. The smallest absolute Gasteiger partial charge is 0.406 e. The van der Waals surface area contributed by atoms with Gasteiger partial charge in [0.1, 0.15) is 12.1 Å². The minimum absolute atomic E-state index is 0.296. The third kappa shape index (κ3) is 6.39. The lowest BCUT2D eigenvalue weighted by Gasteiger charge is -2.10. The molecule has 0 bridgehead atoms. The van der Waals surface area contributed by atoms with Gasteiger partial charge in [-0.1, -0.05) is 41.4 Å². The Morgan fingerprint density at radius 3 is 2.59 bits per heavy atom. The van der Waals surface area contributed by atoms with Gasteiger partial charge in [-0.05, 0) is 65.5 Å². The van der Waals surface area contributed by atoms with Gasteiger partial charge in [0.15, 0.2) is 0 Å². The molecule has 1 aromatic heterocycles. The molecule has 0 atom stereocenters. The molecule has 198 valence electrons. The van der Waals surface area contributed by atoms with Crippen LogP contribution in [0.25, 0.3) is 27.5 Å². The van der Waals surface area contributed by atoms with E-state index < -0.39 is 12.4 Å². The quantitative estimate of drug-likeness (QED) is 0.154. The third-order valence-electron chi connectivity index (χ3n) is 5.47. The van der Waals surface area contributed by atoms with E-state index in [1.54, 1.807) is 29.2 Å². The van der Waals surface area contributed by atoms with Crippen molar-refractivity contribution in [1.82, 2.24) is 14.3 Å². The first-order valence-electron chi connectivity index (χ1n) is 11.1. The molecular weight excluding hydrogens is 574 g/mol. The molecule has 2 amide bonds. The Hall–Kier alpha value is -3.93. The zero-order chi connectivity index (χ0) is 27.6. The van der Waals surface area contributed by atoms with Crippen LogP contribution in [-0.2, 0) is 0 Å². The number of aromatic nitrogens is 2. The first-order chi connectivity index (χ1) is 18.7. The van der Waals surface area contributed by atoms with Crippen LogP contribution < -0.4 is 14.8 Å². The zero-order valence-corrected chi connectivity index (χ0v) is 21.9. The average Bonchev–Trinajstić information content (AvgIpc) is 3.33. The molecule has 0 spiro atoms. The van der Waals surface area contributed by atoms with Crippen LogP contribution in [-0.4, -0.2) is 28.2 Å². The number of rotatable bonds is 6. The normalized spacial score (nSPS) is 11.8. The summed E-state index contributed by atoms with van der Waals surface area (Å²) in [6, 6.07) is 19.3. The van der Waals surface area contributed by atoms with Gasteiger partial charge in [0.05, 0.1) is 33.9 Å². The Morgan fingerprint density at radius 2 is 1.82 bits per heavy atom. The number of anilines is 1. The second-order valence-corrected chi connectivity index (χ2v) is 9.52. The molecule has 5 rings (SSSR count). The van der Waals surface area contributed by atoms with Crippen LogP contribution in [0.5, 0.6) is 5.75 Å². The van der Waals surface area contributed by atoms with Crippen molar-refractivity contribution in [3.63, 3.8) is 0 Å². The van der Waals surface area contributed by atoms with Gasteiger partial charge in [0.2, 0.25) is 0 Å². The molecule has 4 aromatic carbocycles. The highest BCUT2D eigenvalue weighted by atomic mass is 35.5. The summed E-state index contributed by atoms with van der Waals surface area (Å²) in [7, 11) is 0. The van der Waals surface area contributed by atoms with Crippen molar-refractivity contribution < 1.29 is 22.7 Å². The Bertz CT molecular complexity index is 1710. The van der Waals surface area contributed by atoms with Gasteiger partial charge >= 0.3 is 12.4 Å². The monoisotopic (exact) mass is 589 g/mol. The largest absolute Gasteiger partial charge is 0.573 e. The first kappa shape index (κ1) is 26.7. The molecule has 2 N–H and O–H groups in total. The third-order valence-corrected chi connectivity index (χ3v) is 6.53. The molecule has 0 radical (unpaired) electrons. The Labute approximate surface area is 233 Å². The first-order valence-corrected chi connectivity index (χ1v) is 12.7. The molecule has 0 saturated heterocycles. The average molecular weight is 590 g/mol. The van der Waals surface area contributed by atoms with E-state index in [2.05, 4.69) is 24.2 Å². The molecule has 0 aliphatic carbocycles. The number of ether oxygens (including phenoxy) is 1. The number of hydrogen-bond donors (Lipinski definition) is 2. The van der Waals surface area contributed by atoms with Gasteiger partial charge in [-0.25, -0.2) is 14.2 Å². The van der Waals surface area contributed by atoms with Crippen LogP contribution >= 0.6 is 35.3 Å². The number of nitrogens with one attached hydrogen (secondary N) is 2. The Balaban J connectivity index is 1.27. The van der Waals surface area contributed by atoms with Crippen LogP contribution in [0.2, 0.25) is 10.0 Å². The summed E-state index contributed by atoms with van der Waals surface area (Å²) in [6.45, 7) is 0. The Kier molecular flexibility index (Phi) is 7.56. The number of carbonyl (C=O) groups excluding carboxylic acids is 1. The van der Waals surface area contributed by atoms with Gasteiger partial charge in [-0.3, -0.25) is 9.29 Å². The standard InChI is InChI=1S/C26H16Cl2F3N5O2S/c27-17-3-9-21(28)22(12-17)34-25(37)35-39-33-13-15-1-8-20-16(11-15)2-10-23-24(20)32-14-36(23)18-4-6-19(7-5-18)38-26(29,30)31/h1-14H,(H2,34,35,37)/b33-13+. The fourth-order valence-corrected chi connectivity index (χ4v) is 4.52. The molecule has 0 saturated carbocycles. The number of hydrogen-bond acceptors (Lipinski definition) is 5. The van der Waals surface area contributed by atoms with Crippen LogP contribution in [0.15, 0.2) is 83.5 Å². The maximum absolute atomic E-state index is 12.4. The number of amides is 2. The molecule has 0 unspecified atom stereocenters. The molecular formula is C26H16Cl2F3N5O2S. The van der Waals surface area contributed by atoms with Crippen LogP contribution in [0.3, 0.4) is 0 Å². The van der Waals surface area contributed by atoms with E-state index in [-0.39, 0.29) is 5.75 Å². The van der Waals surface area contributed by atoms with E-state index in [1.165, 1.54) is 30.3 Å². The SMILES string of the molecule is O=C(NS/N=C/c1ccc2c(ccc3c2ncn3-c2ccc(OC(F)(F)F)cc2)c1)Nc1cc(Cl)ccc1Cl. The fourth-order valence-electron chi connectivity index (χ4n) is 3.82. The van der Waals surface area contributed by atoms with Gasteiger partial charge in [0, 0.05) is 22.3 Å². The molecule has 13 heteroatoms. The van der Waals surface area contributed by atoms with Crippen molar-refractivity contribution in [2.45, 2.75) is 6.36 Å². The molecule has 5 aromatic rings. The fraction of sp³-hybridized carbons (Fsp3) is 0.0385. The van der Waals surface area contributed by atoms with Crippen molar-refractivity contribution in [2.75, 3.05) is 5.32 Å². The van der Waals surface area contributed by atoms with E-state index in [9.17, 15) is 18.0 Å². The maximum atomic E-state index is 12.4. The number of urea groups is 1.